The van der Waals surface area contributed by atoms with Crippen LogP contribution >= 0.6 is 0 Å². The molecule has 0 bridgehead atoms. The first kappa shape index (κ1) is 24.7. The maximum absolute atomic E-state index is 14.8. The van der Waals surface area contributed by atoms with Crippen molar-refractivity contribution in [3.8, 4) is 5.82 Å². The molecule has 12 nitrogen and oxygen atoms in total. The number of carbonyl (C=O) groups is 1. The summed E-state index contributed by atoms with van der Waals surface area (Å²) in [7, 11) is 0. The van der Waals surface area contributed by atoms with Gasteiger partial charge in [-0.3, -0.25) is 4.79 Å². The summed E-state index contributed by atoms with van der Waals surface area (Å²) < 4.78 is 26.8. The van der Waals surface area contributed by atoms with Gasteiger partial charge in [-0.2, -0.15) is 9.67 Å². The van der Waals surface area contributed by atoms with Crippen molar-refractivity contribution >= 4 is 35.1 Å². The van der Waals surface area contributed by atoms with Crippen LogP contribution in [-0.2, 0) is 14.3 Å². The predicted octanol–water partition coefficient (Wildman–Crippen LogP) is 2.14. The van der Waals surface area contributed by atoms with E-state index >= 15 is 0 Å². The summed E-state index contributed by atoms with van der Waals surface area (Å²) in [5.74, 6) is 0.450. The monoisotopic (exact) mass is 511 g/mol. The van der Waals surface area contributed by atoms with Gasteiger partial charge in [-0.1, -0.05) is 0 Å². The van der Waals surface area contributed by atoms with Gasteiger partial charge in [-0.05, 0) is 38.0 Å². The van der Waals surface area contributed by atoms with Gasteiger partial charge >= 0.3 is 5.97 Å². The average Bonchev–Trinajstić information content (AvgIpc) is 3.30. The smallest absolute Gasteiger partial charge is 0.310 e. The van der Waals surface area contributed by atoms with Gasteiger partial charge in [0.25, 0.3) is 0 Å². The van der Waals surface area contributed by atoms with E-state index in [1.54, 1.807) is 19.1 Å². The summed E-state index contributed by atoms with van der Waals surface area (Å²) in [5.41, 5.74) is 7.14. The third kappa shape index (κ3) is 5.56. The highest BCUT2D eigenvalue weighted by Crippen LogP contribution is 2.27. The first-order valence-electron chi connectivity index (χ1n) is 12.4. The number of halogens is 1. The molecule has 5 rings (SSSR count). The van der Waals surface area contributed by atoms with Crippen LogP contribution in [0.4, 0.5) is 33.5 Å². The maximum atomic E-state index is 14.8. The molecule has 0 aliphatic carbocycles. The summed E-state index contributed by atoms with van der Waals surface area (Å²) in [6, 6.07) is 6.71. The zero-order valence-corrected chi connectivity index (χ0v) is 20.6. The molecule has 0 amide bonds. The lowest BCUT2D eigenvalue weighted by atomic mass is 9.98. The van der Waals surface area contributed by atoms with Crippen molar-refractivity contribution in [3.63, 3.8) is 0 Å². The highest BCUT2D eigenvalue weighted by atomic mass is 19.1. The zero-order valence-electron chi connectivity index (χ0n) is 20.6. The van der Waals surface area contributed by atoms with Gasteiger partial charge in [0.15, 0.2) is 5.82 Å². The van der Waals surface area contributed by atoms with Crippen LogP contribution in [0.15, 0.2) is 30.6 Å². The Kier molecular flexibility index (Phi) is 7.30. The van der Waals surface area contributed by atoms with E-state index in [0.717, 1.165) is 38.2 Å². The van der Waals surface area contributed by atoms with E-state index in [-0.39, 0.29) is 29.5 Å². The number of anilines is 5. The Morgan fingerprint density at radius 1 is 1.19 bits per heavy atom. The third-order valence-electron chi connectivity index (χ3n) is 6.43. The number of ether oxygens (including phenoxy) is 2. The molecule has 1 aromatic carbocycles. The second-order valence-corrected chi connectivity index (χ2v) is 8.87. The van der Waals surface area contributed by atoms with Gasteiger partial charge in [0.05, 0.1) is 31.4 Å². The lowest BCUT2D eigenvalue weighted by Gasteiger charge is -2.32. The fourth-order valence-corrected chi connectivity index (χ4v) is 4.55. The minimum Gasteiger partial charge on any atom is -0.466 e. The van der Waals surface area contributed by atoms with Crippen molar-refractivity contribution < 1.29 is 18.7 Å². The van der Waals surface area contributed by atoms with E-state index in [4.69, 9.17) is 15.2 Å². The second-order valence-electron chi connectivity index (χ2n) is 8.87. The van der Waals surface area contributed by atoms with Gasteiger partial charge in [0, 0.05) is 37.9 Å². The highest BCUT2D eigenvalue weighted by Gasteiger charge is 2.28. The van der Waals surface area contributed by atoms with Gasteiger partial charge < -0.3 is 30.3 Å². The summed E-state index contributed by atoms with van der Waals surface area (Å²) in [5, 5.41) is 7.27. The summed E-state index contributed by atoms with van der Waals surface area (Å²) >= 11 is 0. The van der Waals surface area contributed by atoms with E-state index in [1.165, 1.54) is 17.1 Å². The summed E-state index contributed by atoms with van der Waals surface area (Å²) in [6.07, 6.45) is 3.04. The quantitative estimate of drug-likeness (QED) is 0.451. The minimum atomic E-state index is -0.426. The molecule has 2 saturated heterocycles. The molecule has 2 aromatic heterocycles. The molecule has 3 N–H and O–H groups in total. The van der Waals surface area contributed by atoms with Gasteiger partial charge in [0.2, 0.25) is 11.9 Å². The summed E-state index contributed by atoms with van der Waals surface area (Å²) in [4.78, 5) is 29.2. The Hall–Kier alpha value is -4.00. The molecular weight excluding hydrogens is 481 g/mol. The molecule has 2 aliphatic rings. The van der Waals surface area contributed by atoms with Crippen molar-refractivity contribution in [3.05, 3.63) is 36.4 Å². The third-order valence-corrected chi connectivity index (χ3v) is 6.43. The van der Waals surface area contributed by atoms with Gasteiger partial charge in [0.1, 0.15) is 18.0 Å². The van der Waals surface area contributed by atoms with Crippen molar-refractivity contribution in [2.75, 3.05) is 66.8 Å². The van der Waals surface area contributed by atoms with E-state index in [2.05, 4.69) is 30.3 Å². The molecule has 3 aromatic rings. The topological polar surface area (TPSA) is 137 Å². The molecule has 1 atom stereocenters. The number of hydrogen-bond acceptors (Lipinski definition) is 11. The van der Waals surface area contributed by atoms with Crippen LogP contribution in [0.2, 0.25) is 0 Å². The number of carbonyl (C=O) groups excluding carboxylic acids is 1. The Balaban J connectivity index is 1.30. The second kappa shape index (κ2) is 10.9. The average molecular weight is 512 g/mol. The molecule has 2 aliphatic heterocycles. The summed E-state index contributed by atoms with van der Waals surface area (Å²) in [6.45, 7) is 6.10. The lowest BCUT2D eigenvalue weighted by Crippen LogP contribution is -2.40. The number of piperidine rings is 1. The van der Waals surface area contributed by atoms with Crippen LogP contribution in [0, 0.1) is 11.7 Å². The first-order valence-corrected chi connectivity index (χ1v) is 12.4. The SMILES string of the molecule is CCOC(=O)[C@@H]1CCCN(c2cc(-n3nc(Nc4ccc(N5CCOCC5)cc4F)nc3N)ncn2)C1. The van der Waals surface area contributed by atoms with Crippen LogP contribution in [0.25, 0.3) is 5.82 Å². The Labute approximate surface area is 213 Å². The van der Waals surface area contributed by atoms with Crippen LogP contribution in [-0.4, -0.2) is 76.7 Å². The number of nitrogens with one attached hydrogen (secondary N) is 1. The Morgan fingerprint density at radius 3 is 2.78 bits per heavy atom. The van der Waals surface area contributed by atoms with E-state index < -0.39 is 5.82 Å². The van der Waals surface area contributed by atoms with Crippen molar-refractivity contribution in [1.82, 2.24) is 24.7 Å². The molecule has 196 valence electrons. The van der Waals surface area contributed by atoms with Crippen molar-refractivity contribution in [1.29, 1.82) is 0 Å². The Bertz CT molecular complexity index is 1250. The predicted molar refractivity (Wildman–Crippen MR) is 136 cm³/mol. The van der Waals surface area contributed by atoms with Gasteiger partial charge in [-0.15, -0.1) is 5.10 Å². The maximum Gasteiger partial charge on any atom is 0.310 e. The molecule has 4 heterocycles. The van der Waals surface area contributed by atoms with E-state index in [1.807, 2.05) is 11.0 Å². The molecule has 37 heavy (non-hydrogen) atoms. The van der Waals surface area contributed by atoms with Crippen LogP contribution < -0.4 is 20.9 Å². The Morgan fingerprint density at radius 2 is 2.00 bits per heavy atom. The standard InChI is InChI=1S/C24H30FN9O3/c1-2-37-22(35)16-4-3-7-33(14-16)20-13-21(28-15-27-20)34-23(26)30-24(31-34)29-19-6-5-17(12-18(19)25)32-8-10-36-11-9-32/h5-6,12-13,15-16H,2-4,7-11,14H2,1H3,(H3,26,29,30,31)/t16-/m1/s1. The number of nitrogen functional groups attached to an aromatic ring is 1. The fourth-order valence-electron chi connectivity index (χ4n) is 4.55. The highest BCUT2D eigenvalue weighted by molar-refractivity contribution is 5.73. The van der Waals surface area contributed by atoms with Crippen molar-refractivity contribution in [2.24, 2.45) is 5.92 Å². The number of benzene rings is 1. The number of rotatable bonds is 7. The van der Waals surface area contributed by atoms with E-state index in [0.29, 0.717) is 38.0 Å². The largest absolute Gasteiger partial charge is 0.466 e. The van der Waals surface area contributed by atoms with Crippen molar-refractivity contribution in [2.45, 2.75) is 19.8 Å². The fraction of sp³-hybridized carbons (Fsp3) is 0.458. The molecule has 2 fully saturated rings. The van der Waals surface area contributed by atoms with Crippen LogP contribution in [0.1, 0.15) is 19.8 Å². The molecule has 0 unspecified atom stereocenters. The number of nitrogens with two attached hydrogens (primary N) is 1. The normalized spacial score (nSPS) is 18.1. The number of aromatic nitrogens is 5. The van der Waals surface area contributed by atoms with Gasteiger partial charge in [-0.25, -0.2) is 14.4 Å². The molecule has 0 radical (unpaired) electrons. The molecular formula is C24H30FN9O3. The molecule has 13 heteroatoms. The van der Waals surface area contributed by atoms with Crippen LogP contribution in [0.3, 0.4) is 0 Å². The van der Waals surface area contributed by atoms with Crippen LogP contribution in [0.5, 0.6) is 0 Å². The first-order chi connectivity index (χ1) is 18.0. The number of morpholine rings is 1. The minimum absolute atomic E-state index is 0.0838. The molecule has 0 spiro atoms. The zero-order chi connectivity index (χ0) is 25.8. The van der Waals surface area contributed by atoms with E-state index in [9.17, 15) is 9.18 Å². The number of esters is 1. The number of nitrogens with zero attached hydrogens (tertiary/aromatic N) is 7. The molecule has 0 saturated carbocycles. The number of hydrogen-bond donors (Lipinski definition) is 2. The lowest BCUT2D eigenvalue weighted by molar-refractivity contribution is -0.148.